The van der Waals surface area contributed by atoms with Crippen molar-refractivity contribution in [2.75, 3.05) is 5.32 Å². The summed E-state index contributed by atoms with van der Waals surface area (Å²) >= 11 is 1.38. The molecule has 0 aliphatic carbocycles. The number of carbonyl (C=O) groups excluding carboxylic acids is 1. The van der Waals surface area contributed by atoms with Crippen LogP contribution < -0.4 is 11.1 Å². The number of benzene rings is 1. The number of para-hydroxylation sites is 2. The number of nitrogens with one attached hydrogen (secondary N) is 1. The quantitative estimate of drug-likeness (QED) is 0.788. The van der Waals surface area contributed by atoms with Gasteiger partial charge in [-0.2, -0.15) is 0 Å². The van der Waals surface area contributed by atoms with Crippen LogP contribution in [0.25, 0.3) is 0 Å². The Morgan fingerprint density at radius 3 is 2.89 bits per heavy atom. The molecule has 0 unspecified atom stereocenters. The highest BCUT2D eigenvalue weighted by molar-refractivity contribution is 7.18. The van der Waals surface area contributed by atoms with Crippen LogP contribution in [0.2, 0.25) is 0 Å². The van der Waals surface area contributed by atoms with Crippen LogP contribution in [0.5, 0.6) is 0 Å². The first-order valence-electron chi connectivity index (χ1n) is 5.07. The number of nitrogens with two attached hydrogens (primary N) is 1. The van der Waals surface area contributed by atoms with Crippen LogP contribution in [0.4, 0.5) is 16.4 Å². The van der Waals surface area contributed by atoms with Gasteiger partial charge in [-0.3, -0.25) is 4.79 Å². The van der Waals surface area contributed by atoms with E-state index < -0.39 is 0 Å². The molecular formula is C12H10ClN3OS. The van der Waals surface area contributed by atoms with Gasteiger partial charge >= 0.3 is 0 Å². The smallest absolute Gasteiger partial charge is 0.160 e. The molecule has 3 rings (SSSR count). The lowest BCUT2D eigenvalue weighted by Crippen LogP contribution is -2.11. The summed E-state index contributed by atoms with van der Waals surface area (Å²) in [6, 6.07) is 9.42. The number of amidine groups is 1. The summed E-state index contributed by atoms with van der Waals surface area (Å²) in [4.78, 5) is 15.8. The predicted octanol–water partition coefficient (Wildman–Crippen LogP) is 3.08. The molecule has 0 fully saturated rings. The van der Waals surface area contributed by atoms with E-state index >= 15 is 0 Å². The average Bonchev–Trinajstić information content (AvgIpc) is 2.69. The molecule has 2 aromatic rings. The van der Waals surface area contributed by atoms with Crippen molar-refractivity contribution < 1.29 is 4.79 Å². The SMILES string of the molecule is Cl.NC1=Nc2ccccc2Nc2sc(C=O)cc21. The molecule has 2 heterocycles. The Morgan fingerprint density at radius 1 is 1.33 bits per heavy atom. The van der Waals surface area contributed by atoms with Gasteiger partial charge in [-0.1, -0.05) is 12.1 Å². The summed E-state index contributed by atoms with van der Waals surface area (Å²) in [7, 11) is 0. The fourth-order valence-electron chi connectivity index (χ4n) is 1.74. The first kappa shape index (κ1) is 12.6. The lowest BCUT2D eigenvalue weighted by molar-refractivity contribution is 0.112. The fourth-order valence-corrected chi connectivity index (χ4v) is 2.64. The van der Waals surface area contributed by atoms with Crippen molar-refractivity contribution in [2.45, 2.75) is 0 Å². The van der Waals surface area contributed by atoms with Crippen molar-refractivity contribution >= 4 is 52.2 Å². The average molecular weight is 280 g/mol. The molecule has 0 saturated carbocycles. The Bertz CT molecular complexity index is 636. The minimum atomic E-state index is 0. The van der Waals surface area contributed by atoms with E-state index in [9.17, 15) is 4.79 Å². The van der Waals surface area contributed by atoms with E-state index in [2.05, 4.69) is 10.3 Å². The number of anilines is 2. The Kier molecular flexibility index (Phi) is 3.36. The Hall–Kier alpha value is -1.85. The van der Waals surface area contributed by atoms with Gasteiger partial charge in [0.2, 0.25) is 0 Å². The number of thiophene rings is 1. The van der Waals surface area contributed by atoms with Crippen LogP contribution in [0.3, 0.4) is 0 Å². The number of fused-ring (bicyclic) bond motifs is 2. The Balaban J connectivity index is 0.00000120. The molecule has 0 atom stereocenters. The predicted molar refractivity (Wildman–Crippen MR) is 77.1 cm³/mol. The van der Waals surface area contributed by atoms with Crippen LogP contribution in [0.1, 0.15) is 15.2 Å². The van der Waals surface area contributed by atoms with Gasteiger partial charge in [0.05, 0.1) is 21.8 Å². The number of aliphatic imine (C=N–C) groups is 1. The van der Waals surface area contributed by atoms with Crippen LogP contribution >= 0.6 is 23.7 Å². The van der Waals surface area contributed by atoms with Crippen molar-refractivity contribution in [3.63, 3.8) is 0 Å². The number of nitrogens with zero attached hydrogens (tertiary/aromatic N) is 1. The van der Waals surface area contributed by atoms with E-state index in [0.29, 0.717) is 10.7 Å². The van der Waals surface area contributed by atoms with Crippen molar-refractivity contribution in [2.24, 2.45) is 10.7 Å². The molecule has 6 heteroatoms. The van der Waals surface area contributed by atoms with Gasteiger partial charge in [0, 0.05) is 0 Å². The van der Waals surface area contributed by atoms with Gasteiger partial charge in [-0.15, -0.1) is 23.7 Å². The summed E-state index contributed by atoms with van der Waals surface area (Å²) in [5.41, 5.74) is 8.42. The summed E-state index contributed by atoms with van der Waals surface area (Å²) < 4.78 is 0. The van der Waals surface area contributed by atoms with Gasteiger partial charge < -0.3 is 11.1 Å². The largest absolute Gasteiger partial charge is 0.383 e. The van der Waals surface area contributed by atoms with E-state index in [0.717, 1.165) is 28.2 Å². The van der Waals surface area contributed by atoms with Crippen LogP contribution in [-0.2, 0) is 0 Å². The molecule has 0 spiro atoms. The number of rotatable bonds is 1. The minimum Gasteiger partial charge on any atom is -0.383 e. The number of hydrogen-bond donors (Lipinski definition) is 2. The molecule has 1 aromatic carbocycles. The molecule has 0 amide bonds. The van der Waals surface area contributed by atoms with E-state index in [1.165, 1.54) is 11.3 Å². The summed E-state index contributed by atoms with van der Waals surface area (Å²) in [5, 5.41) is 4.11. The van der Waals surface area contributed by atoms with Gasteiger partial charge in [-0.25, -0.2) is 4.99 Å². The van der Waals surface area contributed by atoms with Crippen molar-refractivity contribution in [1.29, 1.82) is 0 Å². The monoisotopic (exact) mass is 279 g/mol. The molecule has 3 N–H and O–H groups in total. The molecule has 92 valence electrons. The second kappa shape index (κ2) is 4.80. The van der Waals surface area contributed by atoms with Crippen molar-refractivity contribution in [3.8, 4) is 0 Å². The molecule has 18 heavy (non-hydrogen) atoms. The Labute approximate surface area is 114 Å². The van der Waals surface area contributed by atoms with Gasteiger partial charge in [0.1, 0.15) is 10.8 Å². The normalized spacial score (nSPS) is 12.1. The van der Waals surface area contributed by atoms with Crippen molar-refractivity contribution in [3.05, 3.63) is 40.8 Å². The zero-order valence-electron chi connectivity index (χ0n) is 9.21. The topological polar surface area (TPSA) is 67.5 Å². The summed E-state index contributed by atoms with van der Waals surface area (Å²) in [6.07, 6.45) is 0.820. The summed E-state index contributed by atoms with van der Waals surface area (Å²) in [6.45, 7) is 0. The maximum Gasteiger partial charge on any atom is 0.160 e. The number of hydrogen-bond acceptors (Lipinski definition) is 5. The molecule has 1 aliphatic rings. The van der Waals surface area contributed by atoms with Crippen molar-refractivity contribution in [1.82, 2.24) is 0 Å². The van der Waals surface area contributed by atoms with E-state index in [4.69, 9.17) is 5.73 Å². The van der Waals surface area contributed by atoms with Gasteiger partial charge in [0.25, 0.3) is 0 Å². The first-order valence-corrected chi connectivity index (χ1v) is 5.89. The molecule has 1 aliphatic heterocycles. The third kappa shape index (κ3) is 1.98. The lowest BCUT2D eigenvalue weighted by Gasteiger charge is -2.04. The second-order valence-corrected chi connectivity index (χ2v) is 4.73. The van der Waals surface area contributed by atoms with Crippen LogP contribution in [0, 0.1) is 0 Å². The zero-order chi connectivity index (χ0) is 11.8. The number of carbonyl (C=O) groups is 1. The van der Waals surface area contributed by atoms with Gasteiger partial charge in [-0.05, 0) is 18.2 Å². The van der Waals surface area contributed by atoms with Gasteiger partial charge in [0.15, 0.2) is 6.29 Å². The third-order valence-electron chi connectivity index (χ3n) is 2.54. The third-order valence-corrected chi connectivity index (χ3v) is 3.51. The lowest BCUT2D eigenvalue weighted by atomic mass is 10.2. The standard InChI is InChI=1S/C12H9N3OS.ClH/c13-11-8-5-7(6-16)17-12(8)15-10-4-2-1-3-9(10)14-11;/h1-6,15H,(H2,13,14);1H. The molecule has 0 bridgehead atoms. The minimum absolute atomic E-state index is 0. The van der Waals surface area contributed by atoms with E-state index in [1.807, 2.05) is 24.3 Å². The second-order valence-electron chi connectivity index (χ2n) is 3.65. The summed E-state index contributed by atoms with van der Waals surface area (Å²) in [5.74, 6) is 0.432. The highest BCUT2D eigenvalue weighted by Crippen LogP contribution is 2.37. The molecule has 1 aromatic heterocycles. The highest BCUT2D eigenvalue weighted by atomic mass is 35.5. The molecular weight excluding hydrogens is 270 g/mol. The highest BCUT2D eigenvalue weighted by Gasteiger charge is 2.17. The van der Waals surface area contributed by atoms with E-state index in [-0.39, 0.29) is 12.4 Å². The fraction of sp³-hybridized carbons (Fsp3) is 0. The van der Waals surface area contributed by atoms with Crippen LogP contribution in [-0.4, -0.2) is 12.1 Å². The Morgan fingerprint density at radius 2 is 2.11 bits per heavy atom. The zero-order valence-corrected chi connectivity index (χ0v) is 10.8. The van der Waals surface area contributed by atoms with E-state index in [1.54, 1.807) is 6.07 Å². The number of aldehydes is 1. The number of halogens is 1. The first-order chi connectivity index (χ1) is 8.28. The maximum absolute atomic E-state index is 10.8. The molecule has 0 saturated heterocycles. The van der Waals surface area contributed by atoms with Crippen LogP contribution in [0.15, 0.2) is 35.3 Å². The molecule has 0 radical (unpaired) electrons. The maximum atomic E-state index is 10.8. The molecule has 4 nitrogen and oxygen atoms in total.